The molecular formula is C12H19Cl2N3O3. The van der Waals surface area contributed by atoms with Gasteiger partial charge in [0.2, 0.25) is 0 Å². The van der Waals surface area contributed by atoms with Crippen molar-refractivity contribution in [2.75, 3.05) is 19.0 Å². The Morgan fingerprint density at radius 1 is 1.55 bits per heavy atom. The first-order chi connectivity index (χ1) is 8.74. The molecule has 0 unspecified atom stereocenters. The largest absolute Gasteiger partial charge is 0.494 e. The van der Waals surface area contributed by atoms with E-state index < -0.39 is 6.10 Å². The van der Waals surface area contributed by atoms with E-state index >= 15 is 0 Å². The van der Waals surface area contributed by atoms with E-state index in [2.05, 4.69) is 10.3 Å². The predicted molar refractivity (Wildman–Crippen MR) is 80.9 cm³/mol. The molecule has 20 heavy (non-hydrogen) atoms. The molecule has 0 aromatic carbocycles. The molecule has 0 saturated carbocycles. The molecule has 1 saturated heterocycles. The maximum atomic E-state index is 12.0. The van der Waals surface area contributed by atoms with Crippen LogP contribution in [0.4, 0.5) is 5.69 Å². The zero-order valence-corrected chi connectivity index (χ0v) is 12.7. The molecule has 1 aliphatic rings. The van der Waals surface area contributed by atoms with Crippen LogP contribution >= 0.6 is 24.8 Å². The van der Waals surface area contributed by atoms with Gasteiger partial charge in [-0.15, -0.1) is 24.8 Å². The van der Waals surface area contributed by atoms with Crippen LogP contribution in [0, 0.1) is 0 Å². The Balaban J connectivity index is 0.00000180. The van der Waals surface area contributed by atoms with E-state index in [4.69, 9.17) is 15.2 Å². The van der Waals surface area contributed by atoms with Crippen molar-refractivity contribution < 1.29 is 14.3 Å². The third kappa shape index (κ3) is 4.49. The van der Waals surface area contributed by atoms with Gasteiger partial charge in [0.05, 0.1) is 19.4 Å². The zero-order valence-electron chi connectivity index (χ0n) is 11.1. The number of carbonyl (C=O) groups is 1. The number of pyridine rings is 1. The molecule has 0 bridgehead atoms. The standard InChI is InChI=1S/C12H17N3O3.2ClH/c1-17-10-4-5-14-7-9(10)15-12(16)11-3-2-8(6-13)18-11;;/h4-5,7-8,11H,2-3,6,13H2,1H3,(H,15,16);2*1H/t8-,11+;;/m1../s1. The molecule has 2 rings (SSSR count). The quantitative estimate of drug-likeness (QED) is 0.874. The van der Waals surface area contributed by atoms with E-state index in [9.17, 15) is 4.79 Å². The minimum atomic E-state index is -0.441. The third-order valence-electron chi connectivity index (χ3n) is 2.92. The van der Waals surface area contributed by atoms with Gasteiger partial charge in [0.25, 0.3) is 5.91 Å². The van der Waals surface area contributed by atoms with Crippen molar-refractivity contribution in [3.63, 3.8) is 0 Å². The Hall–Kier alpha value is -1.08. The molecule has 2 heterocycles. The first-order valence-corrected chi connectivity index (χ1v) is 5.89. The van der Waals surface area contributed by atoms with Crippen molar-refractivity contribution in [2.45, 2.75) is 25.0 Å². The van der Waals surface area contributed by atoms with Crippen LogP contribution in [-0.2, 0) is 9.53 Å². The minimum absolute atomic E-state index is 0. The van der Waals surface area contributed by atoms with Crippen LogP contribution in [0.3, 0.4) is 0 Å². The Bertz CT molecular complexity index is 434. The zero-order chi connectivity index (χ0) is 13.0. The Morgan fingerprint density at radius 2 is 2.30 bits per heavy atom. The van der Waals surface area contributed by atoms with E-state index in [0.29, 0.717) is 24.4 Å². The van der Waals surface area contributed by atoms with Crippen LogP contribution in [0.5, 0.6) is 5.75 Å². The van der Waals surface area contributed by atoms with Gasteiger partial charge >= 0.3 is 0 Å². The summed E-state index contributed by atoms with van der Waals surface area (Å²) in [5, 5.41) is 2.76. The van der Waals surface area contributed by atoms with Crippen molar-refractivity contribution in [2.24, 2.45) is 5.73 Å². The van der Waals surface area contributed by atoms with E-state index in [1.165, 1.54) is 0 Å². The van der Waals surface area contributed by atoms with Gasteiger partial charge in [-0.05, 0) is 12.8 Å². The summed E-state index contributed by atoms with van der Waals surface area (Å²) in [6.07, 6.45) is 4.20. The molecule has 2 atom stereocenters. The predicted octanol–water partition coefficient (Wildman–Crippen LogP) is 1.38. The van der Waals surface area contributed by atoms with Crippen molar-refractivity contribution in [1.82, 2.24) is 4.98 Å². The number of methoxy groups -OCH3 is 1. The molecule has 1 aromatic heterocycles. The maximum absolute atomic E-state index is 12.0. The van der Waals surface area contributed by atoms with Crippen LogP contribution in [0.25, 0.3) is 0 Å². The second-order valence-corrected chi connectivity index (χ2v) is 4.12. The number of hydrogen-bond donors (Lipinski definition) is 2. The molecule has 1 fully saturated rings. The van der Waals surface area contributed by atoms with Gasteiger partial charge in [0, 0.05) is 18.8 Å². The van der Waals surface area contributed by atoms with Crippen LogP contribution in [-0.4, -0.2) is 36.8 Å². The summed E-state index contributed by atoms with van der Waals surface area (Å²) < 4.78 is 10.7. The van der Waals surface area contributed by atoms with Crippen LogP contribution in [0.15, 0.2) is 18.5 Å². The van der Waals surface area contributed by atoms with E-state index in [1.807, 2.05) is 0 Å². The second kappa shape index (κ2) is 8.97. The van der Waals surface area contributed by atoms with Gasteiger partial charge in [-0.3, -0.25) is 9.78 Å². The van der Waals surface area contributed by atoms with Crippen molar-refractivity contribution in [1.29, 1.82) is 0 Å². The molecular weight excluding hydrogens is 305 g/mol. The Labute approximate surface area is 130 Å². The van der Waals surface area contributed by atoms with Gasteiger partial charge < -0.3 is 20.5 Å². The average molecular weight is 324 g/mol. The fraction of sp³-hybridized carbons (Fsp3) is 0.500. The van der Waals surface area contributed by atoms with Crippen LogP contribution < -0.4 is 15.8 Å². The summed E-state index contributed by atoms with van der Waals surface area (Å²) in [7, 11) is 1.54. The number of carbonyl (C=O) groups excluding carboxylic acids is 1. The highest BCUT2D eigenvalue weighted by molar-refractivity contribution is 5.95. The number of halogens is 2. The van der Waals surface area contributed by atoms with Gasteiger partial charge in [-0.25, -0.2) is 0 Å². The van der Waals surface area contributed by atoms with Gasteiger partial charge in [0.15, 0.2) is 0 Å². The topological polar surface area (TPSA) is 86.5 Å². The third-order valence-corrected chi connectivity index (χ3v) is 2.92. The van der Waals surface area contributed by atoms with Crippen molar-refractivity contribution in [3.8, 4) is 5.75 Å². The van der Waals surface area contributed by atoms with Crippen LogP contribution in [0.2, 0.25) is 0 Å². The lowest BCUT2D eigenvalue weighted by Crippen LogP contribution is -2.29. The monoisotopic (exact) mass is 323 g/mol. The first-order valence-electron chi connectivity index (χ1n) is 5.89. The number of nitrogens with zero attached hydrogens (tertiary/aromatic N) is 1. The molecule has 1 amide bonds. The summed E-state index contributed by atoms with van der Waals surface area (Å²) >= 11 is 0. The molecule has 0 aliphatic carbocycles. The summed E-state index contributed by atoms with van der Waals surface area (Å²) in [6, 6.07) is 1.69. The lowest BCUT2D eigenvalue weighted by atomic mass is 10.2. The molecule has 8 heteroatoms. The Morgan fingerprint density at radius 3 is 2.90 bits per heavy atom. The minimum Gasteiger partial charge on any atom is -0.494 e. The molecule has 1 aromatic rings. The maximum Gasteiger partial charge on any atom is 0.253 e. The number of aromatic nitrogens is 1. The number of ether oxygens (including phenoxy) is 2. The molecule has 114 valence electrons. The summed E-state index contributed by atoms with van der Waals surface area (Å²) in [6.45, 7) is 0.444. The summed E-state index contributed by atoms with van der Waals surface area (Å²) in [5.41, 5.74) is 6.05. The number of rotatable bonds is 4. The smallest absolute Gasteiger partial charge is 0.253 e. The fourth-order valence-electron chi connectivity index (χ4n) is 1.94. The van der Waals surface area contributed by atoms with Crippen LogP contribution in [0.1, 0.15) is 12.8 Å². The summed E-state index contributed by atoms with van der Waals surface area (Å²) in [4.78, 5) is 15.9. The van der Waals surface area contributed by atoms with Crippen molar-refractivity contribution >= 4 is 36.4 Å². The van der Waals surface area contributed by atoms with E-state index in [1.54, 1.807) is 25.6 Å². The lowest BCUT2D eigenvalue weighted by Gasteiger charge is -2.14. The van der Waals surface area contributed by atoms with E-state index in [0.717, 1.165) is 6.42 Å². The van der Waals surface area contributed by atoms with Gasteiger partial charge in [-0.2, -0.15) is 0 Å². The highest BCUT2D eigenvalue weighted by Crippen LogP contribution is 2.24. The molecule has 6 nitrogen and oxygen atoms in total. The molecule has 0 spiro atoms. The number of hydrogen-bond acceptors (Lipinski definition) is 5. The lowest BCUT2D eigenvalue weighted by molar-refractivity contribution is -0.126. The van der Waals surface area contributed by atoms with E-state index in [-0.39, 0.29) is 36.8 Å². The first kappa shape index (κ1) is 18.9. The molecule has 1 aliphatic heterocycles. The number of nitrogens with one attached hydrogen (secondary N) is 1. The number of nitrogens with two attached hydrogens (primary N) is 1. The highest BCUT2D eigenvalue weighted by Gasteiger charge is 2.30. The Kier molecular flexibility index (Phi) is 8.48. The fourth-order valence-corrected chi connectivity index (χ4v) is 1.94. The van der Waals surface area contributed by atoms with Crippen molar-refractivity contribution in [3.05, 3.63) is 18.5 Å². The molecule has 0 radical (unpaired) electrons. The molecule has 3 N–H and O–H groups in total. The SMILES string of the molecule is COc1ccncc1NC(=O)[C@@H]1CC[C@H](CN)O1.Cl.Cl. The summed E-state index contributed by atoms with van der Waals surface area (Å²) in [5.74, 6) is 0.393. The number of amides is 1. The number of anilines is 1. The van der Waals surface area contributed by atoms with Gasteiger partial charge in [0.1, 0.15) is 17.5 Å². The highest BCUT2D eigenvalue weighted by atomic mass is 35.5. The normalized spacial score (nSPS) is 20.5. The average Bonchev–Trinajstić information content (AvgIpc) is 2.88. The second-order valence-electron chi connectivity index (χ2n) is 4.12. The van der Waals surface area contributed by atoms with Gasteiger partial charge in [-0.1, -0.05) is 0 Å².